The minimum absolute atomic E-state index is 0.193. The van der Waals surface area contributed by atoms with Gasteiger partial charge in [-0.1, -0.05) is 18.5 Å². The number of unbranched alkanes of at least 4 members (excludes halogenated alkanes) is 1. The number of nitrogens with zero attached hydrogens (tertiary/aromatic N) is 4. The topological polar surface area (TPSA) is 98.9 Å². The van der Waals surface area contributed by atoms with Crippen molar-refractivity contribution in [3.63, 3.8) is 0 Å². The zero-order chi connectivity index (χ0) is 11.5. The van der Waals surface area contributed by atoms with E-state index in [1.54, 1.807) is 13.0 Å². The summed E-state index contributed by atoms with van der Waals surface area (Å²) in [6, 6.07) is 1.74. The van der Waals surface area contributed by atoms with Gasteiger partial charge in [0.1, 0.15) is 6.07 Å². The molecule has 15 heavy (non-hydrogen) atoms. The van der Waals surface area contributed by atoms with Gasteiger partial charge in [-0.25, -0.2) is 0 Å². The second-order valence-electron chi connectivity index (χ2n) is 3.12. The summed E-state index contributed by atoms with van der Waals surface area (Å²) >= 11 is 0. The molecule has 0 bridgehead atoms. The maximum atomic E-state index is 11.2. The minimum atomic E-state index is -0.347. The molecule has 1 atom stereocenters. The fourth-order valence-electron chi connectivity index (χ4n) is 1.04. The predicted molar refractivity (Wildman–Crippen MR) is 53.6 cm³/mol. The monoisotopic (exact) mass is 210 g/mol. The number of esters is 1. The van der Waals surface area contributed by atoms with E-state index in [-0.39, 0.29) is 18.5 Å². The van der Waals surface area contributed by atoms with Crippen molar-refractivity contribution in [2.24, 2.45) is 11.0 Å². The molecule has 0 N–H and O–H groups in total. The molecule has 0 aromatic heterocycles. The van der Waals surface area contributed by atoms with Crippen LogP contribution in [0.1, 0.15) is 26.2 Å². The van der Waals surface area contributed by atoms with E-state index in [1.165, 1.54) is 0 Å². The highest BCUT2D eigenvalue weighted by Gasteiger charge is 2.13. The van der Waals surface area contributed by atoms with Crippen LogP contribution >= 0.6 is 0 Å². The first-order valence-electron chi connectivity index (χ1n) is 4.76. The van der Waals surface area contributed by atoms with Crippen molar-refractivity contribution in [2.45, 2.75) is 26.2 Å². The summed E-state index contributed by atoms with van der Waals surface area (Å²) in [5.74, 6) is -0.551. The van der Waals surface area contributed by atoms with Gasteiger partial charge in [0.2, 0.25) is 0 Å². The van der Waals surface area contributed by atoms with Crippen molar-refractivity contribution >= 4 is 5.97 Å². The number of nitriles is 1. The Bertz CT molecular complexity index is 278. The van der Waals surface area contributed by atoms with Crippen LogP contribution in [0, 0.1) is 17.2 Å². The van der Waals surface area contributed by atoms with Gasteiger partial charge in [-0.05, 0) is 18.4 Å². The van der Waals surface area contributed by atoms with Gasteiger partial charge in [0.25, 0.3) is 0 Å². The molecular formula is C9H14N4O2. The molecule has 6 nitrogen and oxygen atoms in total. The van der Waals surface area contributed by atoms with Crippen LogP contribution in [0.3, 0.4) is 0 Å². The Kier molecular flexibility index (Phi) is 7.83. The zero-order valence-corrected chi connectivity index (χ0v) is 8.72. The van der Waals surface area contributed by atoms with Gasteiger partial charge < -0.3 is 4.74 Å². The van der Waals surface area contributed by atoms with Crippen molar-refractivity contribution in [3.8, 4) is 6.07 Å². The SMILES string of the molecule is C[C@@H](CCCCN=[N+]=[N-])C(=O)OCC#N. The lowest BCUT2D eigenvalue weighted by molar-refractivity contribution is -0.146. The zero-order valence-electron chi connectivity index (χ0n) is 8.72. The van der Waals surface area contributed by atoms with Crippen LogP contribution < -0.4 is 0 Å². The van der Waals surface area contributed by atoms with Crippen LogP contribution in [-0.2, 0) is 9.53 Å². The molecule has 0 aliphatic rings. The van der Waals surface area contributed by atoms with E-state index in [0.717, 1.165) is 12.8 Å². The summed E-state index contributed by atoms with van der Waals surface area (Å²) < 4.78 is 4.65. The van der Waals surface area contributed by atoms with Crippen molar-refractivity contribution in [1.82, 2.24) is 0 Å². The van der Waals surface area contributed by atoms with Crippen LogP contribution in [0.2, 0.25) is 0 Å². The van der Waals surface area contributed by atoms with Crippen LogP contribution in [0.15, 0.2) is 5.11 Å². The summed E-state index contributed by atoms with van der Waals surface area (Å²) in [4.78, 5) is 13.8. The number of azide groups is 1. The average Bonchev–Trinajstić information content (AvgIpc) is 2.25. The molecule has 0 saturated carbocycles. The highest BCUT2D eigenvalue weighted by molar-refractivity contribution is 5.72. The fraction of sp³-hybridized carbons (Fsp3) is 0.778. The molecule has 0 aliphatic carbocycles. The number of carbonyl (C=O) groups excluding carboxylic acids is 1. The first kappa shape index (κ1) is 13.3. The molecule has 0 heterocycles. The highest BCUT2D eigenvalue weighted by atomic mass is 16.5. The standard InChI is InChI=1S/C9H14N4O2/c1-8(9(14)15-7-5-10)4-2-3-6-12-13-11/h8H,2-4,6-7H2,1H3/t8-/m0/s1. The van der Waals surface area contributed by atoms with Gasteiger partial charge >= 0.3 is 5.97 Å². The minimum Gasteiger partial charge on any atom is -0.450 e. The van der Waals surface area contributed by atoms with Gasteiger partial charge in [-0.2, -0.15) is 5.26 Å². The van der Waals surface area contributed by atoms with Crippen molar-refractivity contribution in [1.29, 1.82) is 5.26 Å². The predicted octanol–water partition coefficient (Wildman–Crippen LogP) is 2.17. The summed E-state index contributed by atoms with van der Waals surface area (Å²) in [6.45, 7) is 2.02. The van der Waals surface area contributed by atoms with Crippen molar-refractivity contribution in [3.05, 3.63) is 10.4 Å². The van der Waals surface area contributed by atoms with Gasteiger partial charge in [0, 0.05) is 11.5 Å². The normalized spacial score (nSPS) is 10.9. The fourth-order valence-corrected chi connectivity index (χ4v) is 1.04. The van der Waals surface area contributed by atoms with E-state index in [0.29, 0.717) is 13.0 Å². The second kappa shape index (κ2) is 8.85. The van der Waals surface area contributed by atoms with Gasteiger partial charge in [-0.15, -0.1) is 0 Å². The van der Waals surface area contributed by atoms with Gasteiger partial charge in [0.15, 0.2) is 6.61 Å². The molecular weight excluding hydrogens is 196 g/mol. The molecule has 0 unspecified atom stereocenters. The third-order valence-corrected chi connectivity index (χ3v) is 1.89. The lowest BCUT2D eigenvalue weighted by Crippen LogP contribution is -2.15. The first-order chi connectivity index (χ1) is 7.22. The molecule has 0 rings (SSSR count). The Labute approximate surface area is 88.5 Å². The Morgan fingerprint density at radius 2 is 2.40 bits per heavy atom. The molecule has 0 aliphatic heterocycles. The third-order valence-electron chi connectivity index (χ3n) is 1.89. The third kappa shape index (κ3) is 7.35. The summed E-state index contributed by atoms with van der Waals surface area (Å²) in [5, 5.41) is 11.6. The molecule has 0 aromatic rings. The maximum Gasteiger partial charge on any atom is 0.309 e. The van der Waals surface area contributed by atoms with E-state index < -0.39 is 0 Å². The van der Waals surface area contributed by atoms with E-state index in [9.17, 15) is 4.79 Å². The first-order valence-corrected chi connectivity index (χ1v) is 4.76. The maximum absolute atomic E-state index is 11.2. The van der Waals surface area contributed by atoms with Crippen molar-refractivity contribution < 1.29 is 9.53 Å². The summed E-state index contributed by atoms with van der Waals surface area (Å²) in [7, 11) is 0. The Balaban J connectivity index is 3.55. The Morgan fingerprint density at radius 1 is 1.67 bits per heavy atom. The smallest absolute Gasteiger partial charge is 0.309 e. The number of hydrogen-bond donors (Lipinski definition) is 0. The molecule has 0 aromatic carbocycles. The van der Waals surface area contributed by atoms with E-state index in [2.05, 4.69) is 14.8 Å². The Morgan fingerprint density at radius 3 is 3.00 bits per heavy atom. The second-order valence-corrected chi connectivity index (χ2v) is 3.12. The summed E-state index contributed by atoms with van der Waals surface area (Å²) in [6.07, 6.45) is 2.26. The Hall–Kier alpha value is -1.73. The summed E-state index contributed by atoms with van der Waals surface area (Å²) in [5.41, 5.74) is 8.01. The number of hydrogen-bond acceptors (Lipinski definition) is 4. The quantitative estimate of drug-likeness (QED) is 0.211. The van der Waals surface area contributed by atoms with Gasteiger partial charge in [-0.3, -0.25) is 4.79 Å². The van der Waals surface area contributed by atoms with E-state index in [1.807, 2.05) is 0 Å². The number of carbonyl (C=O) groups is 1. The number of rotatable bonds is 7. The lowest BCUT2D eigenvalue weighted by Gasteiger charge is -2.08. The van der Waals surface area contributed by atoms with Crippen LogP contribution in [0.5, 0.6) is 0 Å². The molecule has 0 amide bonds. The average molecular weight is 210 g/mol. The van der Waals surface area contributed by atoms with E-state index >= 15 is 0 Å². The van der Waals surface area contributed by atoms with Crippen molar-refractivity contribution in [2.75, 3.05) is 13.2 Å². The lowest BCUT2D eigenvalue weighted by atomic mass is 10.0. The van der Waals surface area contributed by atoms with Crippen LogP contribution in [0.4, 0.5) is 0 Å². The van der Waals surface area contributed by atoms with Gasteiger partial charge in [0.05, 0.1) is 5.92 Å². The van der Waals surface area contributed by atoms with E-state index in [4.69, 9.17) is 10.8 Å². The molecule has 0 radical (unpaired) electrons. The molecule has 0 fully saturated rings. The highest BCUT2D eigenvalue weighted by Crippen LogP contribution is 2.09. The van der Waals surface area contributed by atoms with Crippen LogP contribution in [0.25, 0.3) is 10.4 Å². The molecule has 6 heteroatoms. The van der Waals surface area contributed by atoms with Crippen LogP contribution in [-0.4, -0.2) is 19.1 Å². The largest absolute Gasteiger partial charge is 0.450 e. The number of ether oxygens (including phenoxy) is 1. The molecule has 82 valence electrons. The molecule has 0 spiro atoms. The molecule has 0 saturated heterocycles.